The second kappa shape index (κ2) is 6.03. The fraction of sp³-hybridized carbons (Fsp3) is 0.200. The Morgan fingerprint density at radius 3 is 2.50 bits per heavy atom. The average Bonchev–Trinajstić information content (AvgIpc) is 2.35. The van der Waals surface area contributed by atoms with Gasteiger partial charge in [-0.2, -0.15) is 0 Å². The van der Waals surface area contributed by atoms with Crippen LogP contribution in [0.5, 0.6) is 5.75 Å². The number of halogens is 1. The molecule has 0 radical (unpaired) electrons. The van der Waals surface area contributed by atoms with Gasteiger partial charge < -0.3 is 10.8 Å². The molecule has 2 aromatic rings. The van der Waals surface area contributed by atoms with Crippen molar-refractivity contribution in [2.75, 3.05) is 0 Å². The lowest BCUT2D eigenvalue weighted by Crippen LogP contribution is -2.25. The summed E-state index contributed by atoms with van der Waals surface area (Å²) in [6.07, 6.45) is 1.48. The Kier molecular flexibility index (Phi) is 4.39. The molecule has 3 heteroatoms. The summed E-state index contributed by atoms with van der Waals surface area (Å²) in [4.78, 5) is 0. The molecule has 0 bridgehead atoms. The third kappa shape index (κ3) is 3.59. The Morgan fingerprint density at radius 2 is 1.78 bits per heavy atom. The van der Waals surface area contributed by atoms with Gasteiger partial charge in [-0.25, -0.2) is 0 Å². The van der Waals surface area contributed by atoms with Gasteiger partial charge in [0, 0.05) is 10.5 Å². The van der Waals surface area contributed by atoms with Crippen LogP contribution in [0.3, 0.4) is 0 Å². The minimum absolute atomic E-state index is 0.00704. The number of rotatable bonds is 4. The van der Waals surface area contributed by atoms with E-state index < -0.39 is 0 Å². The van der Waals surface area contributed by atoms with E-state index in [1.165, 1.54) is 5.56 Å². The first-order chi connectivity index (χ1) is 8.65. The van der Waals surface area contributed by atoms with Gasteiger partial charge in [-0.1, -0.05) is 46.3 Å². The van der Waals surface area contributed by atoms with Gasteiger partial charge in [-0.05, 0) is 42.2 Å². The molecule has 0 saturated heterocycles. The summed E-state index contributed by atoms with van der Waals surface area (Å²) in [6.45, 7) is 0. The highest BCUT2D eigenvalue weighted by Gasteiger charge is 2.09. The summed E-state index contributed by atoms with van der Waals surface area (Å²) in [5.41, 5.74) is 8.23. The summed E-state index contributed by atoms with van der Waals surface area (Å²) in [5.74, 6) is 0.307. The van der Waals surface area contributed by atoms with Crippen LogP contribution in [0, 0.1) is 0 Å². The molecule has 2 aromatic carbocycles. The van der Waals surface area contributed by atoms with Crippen molar-refractivity contribution in [1.82, 2.24) is 0 Å². The monoisotopic (exact) mass is 305 g/mol. The van der Waals surface area contributed by atoms with Crippen molar-refractivity contribution < 1.29 is 5.11 Å². The van der Waals surface area contributed by atoms with Crippen LogP contribution in [0.15, 0.2) is 53.0 Å². The van der Waals surface area contributed by atoms with E-state index in [0.29, 0.717) is 12.2 Å². The first kappa shape index (κ1) is 13.1. The Labute approximate surface area is 116 Å². The molecule has 1 unspecified atom stereocenters. The van der Waals surface area contributed by atoms with Crippen molar-refractivity contribution in [2.24, 2.45) is 5.73 Å². The number of hydrogen-bond donors (Lipinski definition) is 2. The van der Waals surface area contributed by atoms with Crippen LogP contribution < -0.4 is 5.73 Å². The second-order valence-electron chi connectivity index (χ2n) is 4.43. The molecule has 0 spiro atoms. The fourth-order valence-corrected chi connectivity index (χ4v) is 2.40. The molecule has 0 aliphatic carbocycles. The summed E-state index contributed by atoms with van der Waals surface area (Å²) in [7, 11) is 0. The second-order valence-corrected chi connectivity index (χ2v) is 5.34. The van der Waals surface area contributed by atoms with Crippen LogP contribution in [-0.4, -0.2) is 11.1 Å². The van der Waals surface area contributed by atoms with Crippen molar-refractivity contribution >= 4 is 15.9 Å². The molecular formula is C15H16BrNO. The molecule has 1 atom stereocenters. The maximum absolute atomic E-state index is 9.77. The molecule has 0 aromatic heterocycles. The van der Waals surface area contributed by atoms with Gasteiger partial charge in [0.05, 0.1) is 0 Å². The number of aromatic hydroxyl groups is 1. The largest absolute Gasteiger partial charge is 0.508 e. The molecule has 0 aliphatic heterocycles. The van der Waals surface area contributed by atoms with Gasteiger partial charge in [0.15, 0.2) is 0 Å². The van der Waals surface area contributed by atoms with E-state index in [1.54, 1.807) is 6.07 Å². The topological polar surface area (TPSA) is 46.2 Å². The van der Waals surface area contributed by atoms with Gasteiger partial charge in [0.2, 0.25) is 0 Å². The van der Waals surface area contributed by atoms with E-state index in [-0.39, 0.29) is 6.04 Å². The van der Waals surface area contributed by atoms with Gasteiger partial charge in [-0.3, -0.25) is 0 Å². The molecule has 2 rings (SSSR count). The van der Waals surface area contributed by atoms with Crippen LogP contribution >= 0.6 is 15.9 Å². The van der Waals surface area contributed by atoms with Crippen LogP contribution in [0.1, 0.15) is 11.1 Å². The number of nitrogens with two attached hydrogens (primary N) is 1. The van der Waals surface area contributed by atoms with E-state index in [2.05, 4.69) is 28.1 Å². The van der Waals surface area contributed by atoms with Gasteiger partial charge in [0.1, 0.15) is 5.75 Å². The lowest BCUT2D eigenvalue weighted by Gasteiger charge is -2.13. The summed E-state index contributed by atoms with van der Waals surface area (Å²) in [5, 5.41) is 9.77. The highest BCUT2D eigenvalue weighted by Crippen LogP contribution is 2.23. The van der Waals surface area contributed by atoms with Crippen LogP contribution in [0.4, 0.5) is 0 Å². The predicted molar refractivity (Wildman–Crippen MR) is 77.6 cm³/mol. The van der Waals surface area contributed by atoms with E-state index in [4.69, 9.17) is 5.73 Å². The molecule has 0 fully saturated rings. The van der Waals surface area contributed by atoms with Gasteiger partial charge in [0.25, 0.3) is 0 Å². The zero-order valence-corrected chi connectivity index (χ0v) is 11.6. The zero-order valence-electron chi connectivity index (χ0n) is 10.0. The molecule has 18 heavy (non-hydrogen) atoms. The van der Waals surface area contributed by atoms with Crippen molar-refractivity contribution in [3.05, 3.63) is 64.1 Å². The first-order valence-electron chi connectivity index (χ1n) is 5.92. The summed E-state index contributed by atoms with van der Waals surface area (Å²) in [6, 6.07) is 15.6. The highest BCUT2D eigenvalue weighted by molar-refractivity contribution is 9.10. The van der Waals surface area contributed by atoms with E-state index in [0.717, 1.165) is 16.5 Å². The molecule has 3 N–H and O–H groups in total. The minimum atomic E-state index is 0.00704. The maximum Gasteiger partial charge on any atom is 0.118 e. The third-order valence-electron chi connectivity index (χ3n) is 2.86. The molecular weight excluding hydrogens is 290 g/mol. The molecule has 2 nitrogen and oxygen atoms in total. The number of phenols is 1. The van der Waals surface area contributed by atoms with Crippen molar-refractivity contribution in [3.63, 3.8) is 0 Å². The van der Waals surface area contributed by atoms with Crippen molar-refractivity contribution in [2.45, 2.75) is 18.9 Å². The Morgan fingerprint density at radius 1 is 1.06 bits per heavy atom. The van der Waals surface area contributed by atoms with E-state index >= 15 is 0 Å². The molecule has 0 heterocycles. The minimum Gasteiger partial charge on any atom is -0.508 e. The fourth-order valence-electron chi connectivity index (χ4n) is 1.99. The molecule has 0 saturated carbocycles. The van der Waals surface area contributed by atoms with E-state index in [1.807, 2.05) is 30.3 Å². The standard InChI is InChI=1S/C15H16BrNO/c16-13-6-7-15(18)12(9-13)10-14(17)8-11-4-2-1-3-5-11/h1-7,9,14,18H,8,10,17H2. The zero-order chi connectivity index (χ0) is 13.0. The smallest absolute Gasteiger partial charge is 0.118 e. The van der Waals surface area contributed by atoms with Crippen LogP contribution in [0.2, 0.25) is 0 Å². The molecule has 0 amide bonds. The Bertz CT molecular complexity index is 513. The number of benzene rings is 2. The average molecular weight is 306 g/mol. The molecule has 0 aliphatic rings. The predicted octanol–water partition coefficient (Wildman–Crippen LogP) is 3.27. The lowest BCUT2D eigenvalue weighted by atomic mass is 9.99. The van der Waals surface area contributed by atoms with Crippen molar-refractivity contribution in [3.8, 4) is 5.75 Å². The van der Waals surface area contributed by atoms with Crippen molar-refractivity contribution in [1.29, 1.82) is 0 Å². The normalized spacial score (nSPS) is 12.3. The molecule has 94 valence electrons. The van der Waals surface area contributed by atoms with Gasteiger partial charge >= 0.3 is 0 Å². The lowest BCUT2D eigenvalue weighted by molar-refractivity contribution is 0.464. The quantitative estimate of drug-likeness (QED) is 0.910. The summed E-state index contributed by atoms with van der Waals surface area (Å²) < 4.78 is 0.960. The Hall–Kier alpha value is -1.32. The van der Waals surface area contributed by atoms with Crippen LogP contribution in [0.25, 0.3) is 0 Å². The number of hydrogen-bond acceptors (Lipinski definition) is 2. The summed E-state index contributed by atoms with van der Waals surface area (Å²) >= 11 is 3.40. The van der Waals surface area contributed by atoms with E-state index in [9.17, 15) is 5.11 Å². The SMILES string of the molecule is NC(Cc1ccccc1)Cc1cc(Br)ccc1O. The van der Waals surface area contributed by atoms with Gasteiger partial charge in [-0.15, -0.1) is 0 Å². The number of phenolic OH excluding ortho intramolecular Hbond substituents is 1. The Balaban J connectivity index is 2.03. The highest BCUT2D eigenvalue weighted by atomic mass is 79.9. The third-order valence-corrected chi connectivity index (χ3v) is 3.36. The maximum atomic E-state index is 9.77. The van der Waals surface area contributed by atoms with Crippen LogP contribution in [-0.2, 0) is 12.8 Å². The first-order valence-corrected chi connectivity index (χ1v) is 6.71.